The van der Waals surface area contributed by atoms with E-state index in [2.05, 4.69) is 25.7 Å². The summed E-state index contributed by atoms with van der Waals surface area (Å²) in [5.41, 5.74) is 0.327. The van der Waals surface area contributed by atoms with E-state index in [9.17, 15) is 9.90 Å². The Balaban J connectivity index is 1.36. The third-order valence-electron chi connectivity index (χ3n) is 10.3. The molecule has 4 aliphatic carbocycles. The van der Waals surface area contributed by atoms with E-state index < -0.39 is 5.60 Å². The van der Waals surface area contributed by atoms with Gasteiger partial charge in [0.2, 0.25) is 0 Å². The Morgan fingerprint density at radius 3 is 2.50 bits per heavy atom. The van der Waals surface area contributed by atoms with E-state index >= 15 is 0 Å². The summed E-state index contributed by atoms with van der Waals surface area (Å²) in [6.45, 7) is 6.39. The topological polar surface area (TPSA) is 46.5 Å². The van der Waals surface area contributed by atoms with Crippen molar-refractivity contribution in [1.82, 2.24) is 0 Å². The monoisotopic (exact) mass is 434 g/mol. The summed E-state index contributed by atoms with van der Waals surface area (Å²) < 4.78 is 5.61. The quantitative estimate of drug-likeness (QED) is 0.453. The van der Waals surface area contributed by atoms with Gasteiger partial charge in [-0.2, -0.15) is 0 Å². The highest BCUT2D eigenvalue weighted by atomic mass is 16.5. The molecule has 0 saturated heterocycles. The first-order valence-corrected chi connectivity index (χ1v) is 12.7. The number of rotatable bonds is 1. The summed E-state index contributed by atoms with van der Waals surface area (Å²) in [5.74, 6) is 9.13. The molecule has 0 aliphatic heterocycles. The van der Waals surface area contributed by atoms with E-state index in [0.717, 1.165) is 50.0 Å². The van der Waals surface area contributed by atoms with Crippen molar-refractivity contribution >= 4 is 5.97 Å². The molecule has 4 saturated carbocycles. The second-order valence-electron chi connectivity index (χ2n) is 11.6. The smallest absolute Gasteiger partial charge is 0.302 e. The first kappa shape index (κ1) is 22.0. The number of aliphatic hydroxyl groups is 1. The Kier molecular flexibility index (Phi) is 5.44. The number of fused-ring (bicyclic) bond motifs is 5. The third-order valence-corrected chi connectivity index (χ3v) is 10.3. The fourth-order valence-corrected chi connectivity index (χ4v) is 8.48. The van der Waals surface area contributed by atoms with Gasteiger partial charge in [0.1, 0.15) is 11.7 Å². The van der Waals surface area contributed by atoms with Crippen LogP contribution in [0.1, 0.15) is 84.1 Å². The molecule has 1 N–H and O–H groups in total. The first-order valence-electron chi connectivity index (χ1n) is 12.7. The van der Waals surface area contributed by atoms with E-state index in [4.69, 9.17) is 4.74 Å². The number of esters is 1. The lowest BCUT2D eigenvalue weighted by atomic mass is 9.44. The minimum atomic E-state index is -0.886. The van der Waals surface area contributed by atoms with Crippen LogP contribution in [0.4, 0.5) is 0 Å². The summed E-state index contributed by atoms with van der Waals surface area (Å²) in [4.78, 5) is 11.5. The zero-order valence-corrected chi connectivity index (χ0v) is 19.9. The molecule has 0 spiro atoms. The summed E-state index contributed by atoms with van der Waals surface area (Å²) in [6.07, 6.45) is 9.94. The van der Waals surface area contributed by atoms with E-state index in [1.807, 2.05) is 30.3 Å². The lowest BCUT2D eigenvalue weighted by Crippen LogP contribution is -2.56. The molecule has 8 atom stereocenters. The van der Waals surface area contributed by atoms with Crippen molar-refractivity contribution in [3.63, 3.8) is 0 Å². The number of hydrogen-bond acceptors (Lipinski definition) is 3. The van der Waals surface area contributed by atoms with Crippen LogP contribution in [0.15, 0.2) is 30.3 Å². The predicted molar refractivity (Wildman–Crippen MR) is 126 cm³/mol. The zero-order chi connectivity index (χ0) is 22.6. The molecule has 32 heavy (non-hydrogen) atoms. The van der Waals surface area contributed by atoms with Crippen molar-refractivity contribution in [1.29, 1.82) is 0 Å². The fourth-order valence-electron chi connectivity index (χ4n) is 8.48. The Morgan fingerprint density at radius 1 is 1.00 bits per heavy atom. The maximum absolute atomic E-state index is 11.8. The molecular formula is C29H38O3. The van der Waals surface area contributed by atoms with E-state index in [1.54, 1.807) is 0 Å². The summed E-state index contributed by atoms with van der Waals surface area (Å²) in [5, 5.41) is 11.8. The average molecular weight is 435 g/mol. The van der Waals surface area contributed by atoms with Crippen molar-refractivity contribution in [3.05, 3.63) is 35.9 Å². The van der Waals surface area contributed by atoms with Gasteiger partial charge in [-0.05, 0) is 99.0 Å². The molecular weight excluding hydrogens is 396 g/mol. The number of carbonyl (C=O) groups excluding carboxylic acids is 1. The molecule has 0 radical (unpaired) electrons. The Bertz CT molecular complexity index is 929. The van der Waals surface area contributed by atoms with Crippen LogP contribution in [0, 0.1) is 46.3 Å². The molecule has 0 aromatic heterocycles. The molecule has 0 bridgehead atoms. The lowest BCUT2D eigenvalue weighted by Gasteiger charge is -2.61. The Hall–Kier alpha value is -1.79. The van der Waals surface area contributed by atoms with Crippen molar-refractivity contribution in [2.45, 2.75) is 90.3 Å². The van der Waals surface area contributed by atoms with Crippen LogP contribution in [0.5, 0.6) is 0 Å². The number of hydrogen-bond donors (Lipinski definition) is 1. The molecule has 172 valence electrons. The van der Waals surface area contributed by atoms with Gasteiger partial charge in [-0.1, -0.05) is 43.9 Å². The summed E-state index contributed by atoms with van der Waals surface area (Å²) in [7, 11) is 0. The van der Waals surface area contributed by atoms with E-state index in [1.165, 1.54) is 26.2 Å². The molecule has 4 aliphatic rings. The highest BCUT2D eigenvalue weighted by Crippen LogP contribution is 2.68. The molecule has 4 fully saturated rings. The number of ether oxygens (including phenoxy) is 1. The van der Waals surface area contributed by atoms with E-state index in [-0.39, 0.29) is 17.5 Å². The van der Waals surface area contributed by atoms with Gasteiger partial charge in [0, 0.05) is 17.9 Å². The highest BCUT2D eigenvalue weighted by Gasteiger charge is 2.64. The standard InChI is InChI=1S/C29H38O3/c1-20(30)32-23-12-15-27(2)22(19-23)9-10-24-25(27)13-16-28(3)26(24)14-18-29(28,31)17-11-21-7-5-4-6-8-21/h4-8,22-26,31H,9-10,12-16,18-19H2,1-3H3/t22-,23-,24-,25+,26-,27-,28-,29-/m1/s1. The minimum absolute atomic E-state index is 0.112. The molecule has 0 unspecified atom stereocenters. The minimum Gasteiger partial charge on any atom is -0.463 e. The van der Waals surface area contributed by atoms with Crippen LogP contribution < -0.4 is 0 Å². The fraction of sp³-hybridized carbons (Fsp3) is 0.690. The van der Waals surface area contributed by atoms with Crippen LogP contribution in [0.25, 0.3) is 0 Å². The van der Waals surface area contributed by atoms with Gasteiger partial charge in [-0.3, -0.25) is 4.79 Å². The maximum atomic E-state index is 11.8. The first-order chi connectivity index (χ1) is 15.3. The molecule has 3 heteroatoms. The molecule has 3 nitrogen and oxygen atoms in total. The van der Waals surface area contributed by atoms with Crippen molar-refractivity contribution in [2.24, 2.45) is 34.5 Å². The molecule has 5 rings (SSSR count). The largest absolute Gasteiger partial charge is 0.463 e. The van der Waals surface area contributed by atoms with E-state index in [0.29, 0.717) is 23.2 Å². The van der Waals surface area contributed by atoms with Gasteiger partial charge in [0.15, 0.2) is 0 Å². The van der Waals surface area contributed by atoms with Crippen molar-refractivity contribution in [3.8, 4) is 11.8 Å². The summed E-state index contributed by atoms with van der Waals surface area (Å²) >= 11 is 0. The maximum Gasteiger partial charge on any atom is 0.302 e. The molecule has 1 aromatic carbocycles. The molecule has 0 amide bonds. The Morgan fingerprint density at radius 2 is 1.75 bits per heavy atom. The zero-order valence-electron chi connectivity index (χ0n) is 19.9. The molecule has 0 heterocycles. The van der Waals surface area contributed by atoms with Gasteiger partial charge in [0.25, 0.3) is 0 Å². The van der Waals surface area contributed by atoms with Gasteiger partial charge in [-0.15, -0.1) is 0 Å². The van der Waals surface area contributed by atoms with Gasteiger partial charge >= 0.3 is 5.97 Å². The van der Waals surface area contributed by atoms with Gasteiger partial charge < -0.3 is 9.84 Å². The van der Waals surface area contributed by atoms with Crippen molar-refractivity contribution < 1.29 is 14.6 Å². The van der Waals surface area contributed by atoms with Gasteiger partial charge in [0.05, 0.1) is 0 Å². The van der Waals surface area contributed by atoms with Crippen LogP contribution in [-0.2, 0) is 9.53 Å². The van der Waals surface area contributed by atoms with Crippen LogP contribution in [0.2, 0.25) is 0 Å². The number of carbonyl (C=O) groups is 1. The molecule has 1 aromatic rings. The SMILES string of the molecule is CC(=O)O[C@@H]1CC[C@]2(C)[C@H](CC[C@H]3[C@H]4CC[C@](O)(C#Cc5ccccc5)[C@]4(C)CC[C@@H]32)C1. The summed E-state index contributed by atoms with van der Waals surface area (Å²) in [6, 6.07) is 10.1. The lowest BCUT2D eigenvalue weighted by molar-refractivity contribution is -0.163. The van der Waals surface area contributed by atoms with Crippen LogP contribution in [0.3, 0.4) is 0 Å². The predicted octanol–water partition coefficient (Wildman–Crippen LogP) is 5.74. The highest BCUT2D eigenvalue weighted by molar-refractivity contribution is 5.66. The van der Waals surface area contributed by atoms with Gasteiger partial charge in [-0.25, -0.2) is 0 Å². The van der Waals surface area contributed by atoms with Crippen molar-refractivity contribution in [2.75, 3.05) is 0 Å². The third kappa shape index (κ3) is 3.41. The van der Waals surface area contributed by atoms with Crippen LogP contribution >= 0.6 is 0 Å². The Labute approximate surface area is 193 Å². The average Bonchev–Trinajstić information content (AvgIpc) is 3.04. The number of benzene rings is 1. The van der Waals surface area contributed by atoms with Crippen LogP contribution in [-0.4, -0.2) is 22.8 Å². The second kappa shape index (κ2) is 7.91. The second-order valence-corrected chi connectivity index (χ2v) is 11.6. The normalized spacial score (nSPS) is 44.9.